The molecule has 1 aliphatic rings. The first-order valence-electron chi connectivity index (χ1n) is 8.96. The van der Waals surface area contributed by atoms with Crippen molar-refractivity contribution in [2.75, 3.05) is 39.5 Å². The molecule has 2 aromatic rings. The second kappa shape index (κ2) is 8.87. The molecular weight excluding hydrogens is 332 g/mol. The normalized spacial score (nSPS) is 16.2. The topological polar surface area (TPSA) is 63.9 Å². The lowest BCUT2D eigenvalue weighted by Crippen LogP contribution is -2.44. The first-order chi connectivity index (χ1) is 12.6. The third-order valence-electron chi connectivity index (χ3n) is 4.46. The van der Waals surface area contributed by atoms with Crippen LogP contribution in [0.3, 0.4) is 0 Å². The third-order valence-corrected chi connectivity index (χ3v) is 4.46. The second-order valence-electron chi connectivity index (χ2n) is 6.52. The maximum atomic E-state index is 12.2. The highest BCUT2D eigenvalue weighted by Gasteiger charge is 2.25. The van der Waals surface area contributed by atoms with Crippen LogP contribution in [0.4, 0.5) is 0 Å². The number of ether oxygens (including phenoxy) is 2. The Morgan fingerprint density at radius 1 is 1.15 bits per heavy atom. The average molecular weight is 358 g/mol. The SMILES string of the molecule is Cc1ccc(OCC(=O)NC[C@@H](c2ccc(C)o2)N2CCOCC2)cc1. The van der Waals surface area contributed by atoms with Crippen LogP contribution in [0.2, 0.25) is 0 Å². The van der Waals surface area contributed by atoms with Crippen LogP contribution >= 0.6 is 0 Å². The molecule has 1 amide bonds. The Morgan fingerprint density at radius 3 is 2.54 bits per heavy atom. The number of hydrogen-bond donors (Lipinski definition) is 1. The fraction of sp³-hybridized carbons (Fsp3) is 0.450. The van der Waals surface area contributed by atoms with Gasteiger partial charge in [-0.25, -0.2) is 0 Å². The Kier molecular flexibility index (Phi) is 6.30. The predicted octanol–water partition coefficient (Wildman–Crippen LogP) is 2.46. The highest BCUT2D eigenvalue weighted by atomic mass is 16.5. The van der Waals surface area contributed by atoms with Crippen molar-refractivity contribution < 1.29 is 18.7 Å². The van der Waals surface area contributed by atoms with Crippen molar-refractivity contribution in [1.29, 1.82) is 0 Å². The van der Waals surface area contributed by atoms with Gasteiger partial charge in [0.25, 0.3) is 5.91 Å². The Balaban J connectivity index is 1.54. The minimum atomic E-state index is -0.146. The van der Waals surface area contributed by atoms with Crippen LogP contribution in [-0.2, 0) is 9.53 Å². The van der Waals surface area contributed by atoms with Gasteiger partial charge in [-0.05, 0) is 38.1 Å². The molecule has 1 atom stereocenters. The average Bonchev–Trinajstić information content (AvgIpc) is 3.08. The van der Waals surface area contributed by atoms with Gasteiger partial charge in [0.05, 0.1) is 19.3 Å². The molecule has 1 aliphatic heterocycles. The standard InChI is InChI=1S/C20H26N2O4/c1-15-3-6-17(7-4-15)25-14-20(23)21-13-18(19-8-5-16(2)26-19)22-9-11-24-12-10-22/h3-8,18H,9-14H2,1-2H3,(H,21,23)/t18-/m0/s1. The van der Waals surface area contributed by atoms with Crippen LogP contribution < -0.4 is 10.1 Å². The van der Waals surface area contributed by atoms with E-state index in [1.807, 2.05) is 50.2 Å². The molecule has 6 heteroatoms. The van der Waals surface area contributed by atoms with Crippen LogP contribution in [0.1, 0.15) is 23.1 Å². The summed E-state index contributed by atoms with van der Waals surface area (Å²) in [5.41, 5.74) is 1.16. The zero-order valence-corrected chi connectivity index (χ0v) is 15.4. The summed E-state index contributed by atoms with van der Waals surface area (Å²) in [7, 11) is 0. The van der Waals surface area contributed by atoms with Crippen molar-refractivity contribution >= 4 is 5.91 Å². The van der Waals surface area contributed by atoms with Gasteiger partial charge < -0.3 is 19.2 Å². The highest BCUT2D eigenvalue weighted by molar-refractivity contribution is 5.77. The lowest BCUT2D eigenvalue weighted by Gasteiger charge is -2.33. The number of nitrogens with zero attached hydrogens (tertiary/aromatic N) is 1. The molecule has 26 heavy (non-hydrogen) atoms. The Labute approximate surface area is 154 Å². The largest absolute Gasteiger partial charge is 0.484 e. The van der Waals surface area contributed by atoms with Gasteiger partial charge in [0, 0.05) is 19.6 Å². The van der Waals surface area contributed by atoms with E-state index in [1.54, 1.807) is 0 Å². The molecule has 140 valence electrons. The van der Waals surface area contributed by atoms with E-state index in [2.05, 4.69) is 10.2 Å². The molecule has 0 spiro atoms. The van der Waals surface area contributed by atoms with E-state index >= 15 is 0 Å². The van der Waals surface area contributed by atoms with Crippen molar-refractivity contribution in [3.8, 4) is 5.75 Å². The van der Waals surface area contributed by atoms with Gasteiger partial charge in [-0.2, -0.15) is 0 Å². The van der Waals surface area contributed by atoms with E-state index in [0.717, 1.165) is 30.2 Å². The summed E-state index contributed by atoms with van der Waals surface area (Å²) in [5, 5.41) is 2.96. The molecule has 0 radical (unpaired) electrons. The fourth-order valence-corrected chi connectivity index (χ4v) is 2.98. The number of benzene rings is 1. The molecule has 3 rings (SSSR count). The van der Waals surface area contributed by atoms with E-state index in [9.17, 15) is 4.79 Å². The number of hydrogen-bond acceptors (Lipinski definition) is 5. The van der Waals surface area contributed by atoms with Crippen molar-refractivity contribution in [2.24, 2.45) is 0 Å². The number of amides is 1. The van der Waals surface area contributed by atoms with Crippen molar-refractivity contribution in [1.82, 2.24) is 10.2 Å². The lowest BCUT2D eigenvalue weighted by molar-refractivity contribution is -0.123. The summed E-state index contributed by atoms with van der Waals surface area (Å²) >= 11 is 0. The summed E-state index contributed by atoms with van der Waals surface area (Å²) in [6.45, 7) is 7.44. The summed E-state index contributed by atoms with van der Waals surface area (Å²) in [4.78, 5) is 14.5. The molecule has 1 saturated heterocycles. The molecule has 1 N–H and O–H groups in total. The lowest BCUT2D eigenvalue weighted by atomic mass is 10.1. The number of carbonyl (C=O) groups excluding carboxylic acids is 1. The number of rotatable bonds is 7. The minimum Gasteiger partial charge on any atom is -0.484 e. The van der Waals surface area contributed by atoms with Gasteiger partial charge in [0.15, 0.2) is 6.61 Å². The zero-order chi connectivity index (χ0) is 18.4. The molecule has 1 aromatic carbocycles. The first-order valence-corrected chi connectivity index (χ1v) is 8.96. The predicted molar refractivity (Wildman–Crippen MR) is 98.3 cm³/mol. The number of furan rings is 1. The number of nitrogens with one attached hydrogen (secondary N) is 1. The summed E-state index contributed by atoms with van der Waals surface area (Å²) in [5.74, 6) is 2.28. The monoisotopic (exact) mass is 358 g/mol. The van der Waals surface area contributed by atoms with E-state index in [-0.39, 0.29) is 18.6 Å². The Morgan fingerprint density at radius 2 is 1.88 bits per heavy atom. The summed E-state index contributed by atoms with van der Waals surface area (Å²) in [6, 6.07) is 11.6. The molecule has 2 heterocycles. The molecular formula is C20H26N2O4. The maximum absolute atomic E-state index is 12.2. The first kappa shape index (κ1) is 18.5. The molecule has 6 nitrogen and oxygen atoms in total. The maximum Gasteiger partial charge on any atom is 0.258 e. The van der Waals surface area contributed by atoms with Crippen LogP contribution in [0.25, 0.3) is 0 Å². The van der Waals surface area contributed by atoms with Crippen LogP contribution in [0.15, 0.2) is 40.8 Å². The van der Waals surface area contributed by atoms with Crippen molar-refractivity contribution in [2.45, 2.75) is 19.9 Å². The van der Waals surface area contributed by atoms with E-state index in [1.165, 1.54) is 0 Å². The highest BCUT2D eigenvalue weighted by Crippen LogP contribution is 2.23. The zero-order valence-electron chi connectivity index (χ0n) is 15.4. The Hall–Kier alpha value is -2.31. The van der Waals surface area contributed by atoms with E-state index in [0.29, 0.717) is 25.5 Å². The smallest absolute Gasteiger partial charge is 0.258 e. The number of morpholine rings is 1. The van der Waals surface area contributed by atoms with Crippen molar-refractivity contribution in [3.05, 3.63) is 53.5 Å². The van der Waals surface area contributed by atoms with Gasteiger partial charge >= 0.3 is 0 Å². The van der Waals surface area contributed by atoms with E-state index in [4.69, 9.17) is 13.9 Å². The molecule has 1 fully saturated rings. The molecule has 0 unspecified atom stereocenters. The van der Waals surface area contributed by atoms with Crippen molar-refractivity contribution in [3.63, 3.8) is 0 Å². The van der Waals surface area contributed by atoms with Gasteiger partial charge in [0.2, 0.25) is 0 Å². The van der Waals surface area contributed by atoms with Gasteiger partial charge in [-0.15, -0.1) is 0 Å². The van der Waals surface area contributed by atoms with Gasteiger partial charge in [0.1, 0.15) is 17.3 Å². The molecule has 0 saturated carbocycles. The van der Waals surface area contributed by atoms with Crippen LogP contribution in [-0.4, -0.2) is 50.3 Å². The second-order valence-corrected chi connectivity index (χ2v) is 6.52. The third kappa shape index (κ3) is 5.09. The van der Waals surface area contributed by atoms with Gasteiger partial charge in [-0.3, -0.25) is 9.69 Å². The summed E-state index contributed by atoms with van der Waals surface area (Å²) in [6.07, 6.45) is 0. The number of carbonyl (C=O) groups is 1. The minimum absolute atomic E-state index is 0.00377. The number of aryl methyl sites for hydroxylation is 2. The van der Waals surface area contributed by atoms with Crippen LogP contribution in [0, 0.1) is 13.8 Å². The van der Waals surface area contributed by atoms with Gasteiger partial charge in [-0.1, -0.05) is 17.7 Å². The van der Waals surface area contributed by atoms with E-state index < -0.39 is 0 Å². The summed E-state index contributed by atoms with van der Waals surface area (Å²) < 4.78 is 16.8. The van der Waals surface area contributed by atoms with Crippen LogP contribution in [0.5, 0.6) is 5.75 Å². The fourth-order valence-electron chi connectivity index (χ4n) is 2.98. The molecule has 0 bridgehead atoms. The molecule has 0 aliphatic carbocycles. The molecule has 1 aromatic heterocycles. The Bertz CT molecular complexity index is 705. The quantitative estimate of drug-likeness (QED) is 0.824.